The number of rotatable bonds is 0. The van der Waals surface area contributed by atoms with Crippen molar-refractivity contribution in [1.82, 2.24) is 0 Å². The normalized spacial score (nSPS) is 21.7. The lowest BCUT2D eigenvalue weighted by Gasteiger charge is -2.29. The summed E-state index contributed by atoms with van der Waals surface area (Å²) in [5.41, 5.74) is 2.74. The SMILES string of the molecule is CC1Nc2ccccc21. The number of para-hydroxylation sites is 1. The zero-order valence-corrected chi connectivity index (χ0v) is 5.39. The molecule has 2 rings (SSSR count). The summed E-state index contributed by atoms with van der Waals surface area (Å²) in [7, 11) is 0. The fourth-order valence-electron chi connectivity index (χ4n) is 1.24. The van der Waals surface area contributed by atoms with Crippen molar-refractivity contribution in [3.05, 3.63) is 29.8 Å². The molecule has 0 aliphatic carbocycles. The second kappa shape index (κ2) is 1.50. The van der Waals surface area contributed by atoms with Gasteiger partial charge in [0.05, 0.1) is 6.04 Å². The fourth-order valence-corrected chi connectivity index (χ4v) is 1.24. The minimum atomic E-state index is 0.571. The number of benzene rings is 1. The minimum absolute atomic E-state index is 0.571. The smallest absolute Gasteiger partial charge is 0.0506 e. The number of nitrogens with one attached hydrogen (secondary N) is 1. The van der Waals surface area contributed by atoms with Crippen LogP contribution in [0.3, 0.4) is 0 Å². The molecule has 1 N–H and O–H groups in total. The van der Waals surface area contributed by atoms with Crippen LogP contribution in [0.1, 0.15) is 18.5 Å². The summed E-state index contributed by atoms with van der Waals surface area (Å²) in [6.07, 6.45) is 0. The molecule has 1 aromatic rings. The van der Waals surface area contributed by atoms with E-state index in [2.05, 4.69) is 36.5 Å². The predicted molar refractivity (Wildman–Crippen MR) is 38.5 cm³/mol. The van der Waals surface area contributed by atoms with Gasteiger partial charge < -0.3 is 5.32 Å². The standard InChI is InChI=1S/C8H9N/c1-6-7-4-2-3-5-8(7)9-6/h2-6,9H,1H3. The van der Waals surface area contributed by atoms with Gasteiger partial charge in [-0.25, -0.2) is 0 Å². The van der Waals surface area contributed by atoms with Crippen molar-refractivity contribution < 1.29 is 0 Å². The van der Waals surface area contributed by atoms with Gasteiger partial charge in [-0.15, -0.1) is 0 Å². The number of anilines is 1. The number of hydrogen-bond acceptors (Lipinski definition) is 1. The highest BCUT2D eigenvalue weighted by Gasteiger charge is 2.18. The van der Waals surface area contributed by atoms with Crippen LogP contribution in [-0.2, 0) is 0 Å². The Kier molecular flexibility index (Phi) is 0.810. The summed E-state index contributed by atoms with van der Waals surface area (Å²) in [5.74, 6) is 0. The minimum Gasteiger partial charge on any atom is -0.378 e. The largest absolute Gasteiger partial charge is 0.378 e. The number of fused-ring (bicyclic) bond motifs is 1. The molecule has 1 heterocycles. The van der Waals surface area contributed by atoms with Crippen LogP contribution in [-0.4, -0.2) is 0 Å². The summed E-state index contributed by atoms with van der Waals surface area (Å²) in [4.78, 5) is 0. The van der Waals surface area contributed by atoms with Gasteiger partial charge in [-0.2, -0.15) is 0 Å². The second-order valence-corrected chi connectivity index (χ2v) is 2.45. The molecule has 46 valence electrons. The molecule has 0 aromatic heterocycles. The van der Waals surface area contributed by atoms with Gasteiger partial charge >= 0.3 is 0 Å². The zero-order chi connectivity index (χ0) is 6.27. The molecule has 0 spiro atoms. The van der Waals surface area contributed by atoms with Crippen LogP contribution in [0.25, 0.3) is 0 Å². The summed E-state index contributed by atoms with van der Waals surface area (Å²) in [5, 5.41) is 3.29. The van der Waals surface area contributed by atoms with Crippen LogP contribution >= 0.6 is 0 Å². The first-order valence-electron chi connectivity index (χ1n) is 3.23. The van der Waals surface area contributed by atoms with E-state index < -0.39 is 0 Å². The van der Waals surface area contributed by atoms with Gasteiger partial charge in [0.2, 0.25) is 0 Å². The quantitative estimate of drug-likeness (QED) is 0.552. The van der Waals surface area contributed by atoms with Gasteiger partial charge in [0.15, 0.2) is 0 Å². The number of hydrogen-bond donors (Lipinski definition) is 1. The van der Waals surface area contributed by atoms with Gasteiger partial charge in [-0.3, -0.25) is 0 Å². The Balaban J connectivity index is 2.51. The van der Waals surface area contributed by atoms with Crippen LogP contribution < -0.4 is 5.32 Å². The average Bonchev–Trinajstić information content (AvgIpc) is 1.86. The summed E-state index contributed by atoms with van der Waals surface area (Å²) in [6.45, 7) is 2.17. The molecule has 1 heteroatoms. The molecule has 9 heavy (non-hydrogen) atoms. The van der Waals surface area contributed by atoms with Crippen molar-refractivity contribution in [3.8, 4) is 0 Å². The first kappa shape index (κ1) is 4.86. The monoisotopic (exact) mass is 119 g/mol. The molecular formula is C8H9N. The Morgan fingerprint density at radius 3 is 2.67 bits per heavy atom. The van der Waals surface area contributed by atoms with Gasteiger partial charge in [-0.05, 0) is 18.6 Å². The van der Waals surface area contributed by atoms with Crippen LogP contribution in [0, 0.1) is 0 Å². The molecular weight excluding hydrogens is 110 g/mol. The highest BCUT2D eigenvalue weighted by Crippen LogP contribution is 2.34. The molecule has 1 aromatic carbocycles. The molecule has 0 bridgehead atoms. The first-order valence-corrected chi connectivity index (χ1v) is 3.23. The molecule has 1 atom stereocenters. The van der Waals surface area contributed by atoms with E-state index in [-0.39, 0.29) is 0 Å². The van der Waals surface area contributed by atoms with E-state index in [1.54, 1.807) is 0 Å². The third kappa shape index (κ3) is 0.545. The Bertz CT molecular complexity index is 230. The fraction of sp³-hybridized carbons (Fsp3) is 0.250. The maximum atomic E-state index is 3.29. The molecule has 0 saturated carbocycles. The van der Waals surface area contributed by atoms with E-state index in [1.165, 1.54) is 11.3 Å². The first-order chi connectivity index (χ1) is 4.38. The molecule has 0 radical (unpaired) electrons. The third-order valence-electron chi connectivity index (χ3n) is 1.80. The van der Waals surface area contributed by atoms with Crippen molar-refractivity contribution in [3.63, 3.8) is 0 Å². The summed E-state index contributed by atoms with van der Waals surface area (Å²) in [6, 6.07) is 8.97. The van der Waals surface area contributed by atoms with Gasteiger partial charge in [-0.1, -0.05) is 18.2 Å². The van der Waals surface area contributed by atoms with Crippen molar-refractivity contribution >= 4 is 5.69 Å². The molecule has 0 fully saturated rings. The lowest BCUT2D eigenvalue weighted by molar-refractivity contribution is 0.819. The summed E-state index contributed by atoms with van der Waals surface area (Å²) >= 11 is 0. The Morgan fingerprint density at radius 2 is 2.11 bits per heavy atom. The van der Waals surface area contributed by atoms with Crippen LogP contribution in [0.4, 0.5) is 5.69 Å². The maximum absolute atomic E-state index is 3.29. The topological polar surface area (TPSA) is 12.0 Å². The van der Waals surface area contributed by atoms with Crippen molar-refractivity contribution in [2.24, 2.45) is 0 Å². The average molecular weight is 119 g/mol. The van der Waals surface area contributed by atoms with Crippen LogP contribution in [0.5, 0.6) is 0 Å². The van der Waals surface area contributed by atoms with Crippen LogP contribution in [0.2, 0.25) is 0 Å². The van der Waals surface area contributed by atoms with Crippen LogP contribution in [0.15, 0.2) is 24.3 Å². The van der Waals surface area contributed by atoms with Crippen molar-refractivity contribution in [1.29, 1.82) is 0 Å². The Labute approximate surface area is 54.7 Å². The van der Waals surface area contributed by atoms with Gasteiger partial charge in [0.25, 0.3) is 0 Å². The zero-order valence-electron chi connectivity index (χ0n) is 5.39. The highest BCUT2D eigenvalue weighted by atomic mass is 15.0. The predicted octanol–water partition coefficient (Wildman–Crippen LogP) is 2.17. The lowest BCUT2D eigenvalue weighted by atomic mass is 9.99. The van der Waals surface area contributed by atoms with E-state index in [1.807, 2.05) is 0 Å². The third-order valence-corrected chi connectivity index (χ3v) is 1.80. The lowest BCUT2D eigenvalue weighted by Crippen LogP contribution is -2.18. The molecule has 0 saturated heterocycles. The van der Waals surface area contributed by atoms with Crippen molar-refractivity contribution in [2.75, 3.05) is 5.32 Å². The van der Waals surface area contributed by atoms with E-state index in [9.17, 15) is 0 Å². The maximum Gasteiger partial charge on any atom is 0.0506 e. The Morgan fingerprint density at radius 1 is 1.33 bits per heavy atom. The van der Waals surface area contributed by atoms with Crippen molar-refractivity contribution in [2.45, 2.75) is 13.0 Å². The highest BCUT2D eigenvalue weighted by molar-refractivity contribution is 5.62. The summed E-state index contributed by atoms with van der Waals surface area (Å²) < 4.78 is 0. The molecule has 1 aliphatic rings. The van der Waals surface area contributed by atoms with Gasteiger partial charge in [0, 0.05) is 5.69 Å². The second-order valence-electron chi connectivity index (χ2n) is 2.45. The van der Waals surface area contributed by atoms with E-state index in [4.69, 9.17) is 0 Å². The van der Waals surface area contributed by atoms with E-state index in [0.717, 1.165) is 0 Å². The molecule has 1 unspecified atom stereocenters. The van der Waals surface area contributed by atoms with Gasteiger partial charge in [0.1, 0.15) is 0 Å². The molecule has 0 amide bonds. The molecule has 1 aliphatic heterocycles. The Hall–Kier alpha value is -0.980. The van der Waals surface area contributed by atoms with E-state index >= 15 is 0 Å². The molecule has 1 nitrogen and oxygen atoms in total. The van der Waals surface area contributed by atoms with E-state index in [0.29, 0.717) is 6.04 Å².